The van der Waals surface area contributed by atoms with Crippen molar-refractivity contribution in [3.63, 3.8) is 0 Å². The minimum Gasteiger partial charge on any atom is -0.355 e. The number of hydrogen-bond acceptors (Lipinski definition) is 5. The molecule has 0 N–H and O–H groups in total. The van der Waals surface area contributed by atoms with Gasteiger partial charge in [-0.2, -0.15) is 0 Å². The topological polar surface area (TPSA) is 77.2 Å². The second-order valence-electron chi connectivity index (χ2n) is 5.49. The van der Waals surface area contributed by atoms with Crippen LogP contribution in [0.1, 0.15) is 16.1 Å². The number of halogens is 1. The number of carbonyl (C=O) groups excluding carboxylic acids is 1. The molecule has 0 aliphatic carbocycles. The minimum atomic E-state index is -3.72. The lowest BCUT2D eigenvalue weighted by molar-refractivity contribution is 0.105. The number of nitrogens with zero attached hydrogens (tertiary/aromatic N) is 1. The molecular weight excluding hydrogens is 362 g/mol. The first kappa shape index (κ1) is 15.8. The zero-order valence-corrected chi connectivity index (χ0v) is 14.2. The summed E-state index contributed by atoms with van der Waals surface area (Å²) in [5.74, 6) is -0.308. The fourth-order valence-electron chi connectivity index (χ4n) is 2.65. The number of allylic oxidation sites excluding steroid dienone is 1. The molecule has 0 bridgehead atoms. The molecule has 0 unspecified atom stereocenters. The normalized spacial score (nSPS) is 15.6. The molecule has 1 aliphatic rings. The summed E-state index contributed by atoms with van der Waals surface area (Å²) in [5.41, 5.74) is 1.32. The van der Waals surface area contributed by atoms with Crippen LogP contribution in [0.25, 0.3) is 16.8 Å². The molecule has 0 amide bonds. The Morgan fingerprint density at radius 1 is 1.00 bits per heavy atom. The van der Waals surface area contributed by atoms with Crippen LogP contribution in [0.4, 0.5) is 0 Å². The molecule has 0 spiro atoms. The Morgan fingerprint density at radius 2 is 1.72 bits per heavy atom. The average Bonchev–Trinajstić information content (AvgIpc) is 3.09. The van der Waals surface area contributed by atoms with E-state index in [4.69, 9.17) is 16.1 Å². The first-order valence-electron chi connectivity index (χ1n) is 7.29. The van der Waals surface area contributed by atoms with Gasteiger partial charge in [0, 0.05) is 22.2 Å². The van der Waals surface area contributed by atoms with Crippen LogP contribution in [0.2, 0.25) is 5.02 Å². The molecule has 4 rings (SSSR count). The summed E-state index contributed by atoms with van der Waals surface area (Å²) in [6.45, 7) is 0. The fourth-order valence-corrected chi connectivity index (χ4v) is 4.17. The highest BCUT2D eigenvalue weighted by molar-refractivity contribution is 7.94. The molecule has 5 nitrogen and oxygen atoms in total. The van der Waals surface area contributed by atoms with Gasteiger partial charge in [0.05, 0.1) is 15.9 Å². The minimum absolute atomic E-state index is 0.00110. The molecule has 0 fully saturated rings. The number of Topliss-reactive ketones (excluding diaryl/α,β-unsaturated/α-hetero) is 1. The van der Waals surface area contributed by atoms with Gasteiger partial charge in [0.25, 0.3) is 0 Å². The van der Waals surface area contributed by atoms with Gasteiger partial charge in [0.15, 0.2) is 11.5 Å². The highest BCUT2D eigenvalue weighted by Crippen LogP contribution is 2.33. The number of fused-ring (bicyclic) bond motifs is 1. The first-order valence-corrected chi connectivity index (χ1v) is 9.22. The molecule has 1 aromatic heterocycles. The maximum absolute atomic E-state index is 12.7. The zero-order chi connectivity index (χ0) is 17.6. The Morgan fingerprint density at radius 3 is 2.48 bits per heavy atom. The summed E-state index contributed by atoms with van der Waals surface area (Å²) in [6, 6.07) is 14.6. The van der Waals surface area contributed by atoms with Crippen LogP contribution in [0.15, 0.2) is 69.4 Å². The molecular formula is C18H10ClNO4S. The number of ketones is 1. The van der Waals surface area contributed by atoms with Gasteiger partial charge >= 0.3 is 0 Å². The van der Waals surface area contributed by atoms with Gasteiger partial charge in [-0.15, -0.1) is 0 Å². The van der Waals surface area contributed by atoms with E-state index in [1.807, 2.05) is 0 Å². The standard InChI is InChI=1S/C18H10ClNO4S/c19-12-7-5-11(6-8-12)15-9-16(24-20-15)14-10-25(22,23)17-4-2-1-3-13(17)18(14)21/h1-10H. The van der Waals surface area contributed by atoms with E-state index >= 15 is 0 Å². The largest absolute Gasteiger partial charge is 0.355 e. The summed E-state index contributed by atoms with van der Waals surface area (Å²) in [7, 11) is -3.72. The van der Waals surface area contributed by atoms with Crippen molar-refractivity contribution in [2.45, 2.75) is 4.90 Å². The van der Waals surface area contributed by atoms with E-state index in [0.717, 1.165) is 11.0 Å². The molecule has 0 saturated heterocycles. The molecule has 124 valence electrons. The van der Waals surface area contributed by atoms with Gasteiger partial charge in [0.2, 0.25) is 9.84 Å². The molecule has 25 heavy (non-hydrogen) atoms. The van der Waals surface area contributed by atoms with Crippen molar-refractivity contribution in [2.75, 3.05) is 0 Å². The van der Waals surface area contributed by atoms with Gasteiger partial charge in [-0.05, 0) is 24.3 Å². The quantitative estimate of drug-likeness (QED) is 0.680. The average molecular weight is 372 g/mol. The summed E-state index contributed by atoms with van der Waals surface area (Å²) in [5, 5.41) is 5.44. The van der Waals surface area contributed by atoms with E-state index in [2.05, 4.69) is 5.16 Å². The van der Waals surface area contributed by atoms with E-state index in [1.54, 1.807) is 36.4 Å². The smallest absolute Gasteiger partial charge is 0.201 e. The molecule has 2 aromatic carbocycles. The number of aromatic nitrogens is 1. The van der Waals surface area contributed by atoms with Crippen LogP contribution in [0.5, 0.6) is 0 Å². The van der Waals surface area contributed by atoms with E-state index < -0.39 is 15.6 Å². The lowest BCUT2D eigenvalue weighted by Crippen LogP contribution is -2.15. The number of hydrogen-bond donors (Lipinski definition) is 0. The maximum Gasteiger partial charge on any atom is 0.201 e. The van der Waals surface area contributed by atoms with Gasteiger partial charge in [-0.25, -0.2) is 8.42 Å². The second-order valence-corrected chi connectivity index (χ2v) is 7.69. The van der Waals surface area contributed by atoms with Gasteiger partial charge in [-0.3, -0.25) is 4.79 Å². The van der Waals surface area contributed by atoms with E-state index in [9.17, 15) is 13.2 Å². The number of carbonyl (C=O) groups is 1. The number of benzene rings is 2. The molecule has 0 saturated carbocycles. The lowest BCUT2D eigenvalue weighted by Gasteiger charge is -2.13. The third kappa shape index (κ3) is 2.69. The molecule has 1 aliphatic heterocycles. The van der Waals surface area contributed by atoms with Crippen LogP contribution in [0, 0.1) is 0 Å². The third-order valence-electron chi connectivity index (χ3n) is 3.87. The number of rotatable bonds is 2. The van der Waals surface area contributed by atoms with Crippen molar-refractivity contribution in [2.24, 2.45) is 0 Å². The molecule has 0 atom stereocenters. The van der Waals surface area contributed by atoms with Crippen molar-refractivity contribution in [1.29, 1.82) is 0 Å². The molecule has 2 heterocycles. The highest BCUT2D eigenvalue weighted by Gasteiger charge is 2.32. The third-order valence-corrected chi connectivity index (χ3v) is 5.64. The lowest BCUT2D eigenvalue weighted by atomic mass is 10.0. The Kier molecular flexibility index (Phi) is 3.59. The zero-order valence-electron chi connectivity index (χ0n) is 12.6. The predicted octanol–water partition coefficient (Wildman–Crippen LogP) is 4.01. The Hall–Kier alpha value is -2.70. The van der Waals surface area contributed by atoms with E-state index in [-0.39, 0.29) is 21.8 Å². The summed E-state index contributed by atoms with van der Waals surface area (Å²) in [4.78, 5) is 12.7. The second kappa shape index (κ2) is 5.68. The fraction of sp³-hybridized carbons (Fsp3) is 0. The van der Waals surface area contributed by atoms with Crippen molar-refractivity contribution in [3.05, 3.63) is 76.4 Å². The van der Waals surface area contributed by atoms with Crippen LogP contribution < -0.4 is 0 Å². The van der Waals surface area contributed by atoms with Crippen molar-refractivity contribution >= 4 is 32.8 Å². The van der Waals surface area contributed by atoms with Crippen LogP contribution in [0.3, 0.4) is 0 Å². The highest BCUT2D eigenvalue weighted by atomic mass is 35.5. The van der Waals surface area contributed by atoms with Gasteiger partial charge < -0.3 is 4.52 Å². The monoisotopic (exact) mass is 371 g/mol. The SMILES string of the molecule is O=C1C(c2cc(-c3ccc(Cl)cc3)no2)=CS(=O)(=O)c2ccccc21. The van der Waals surface area contributed by atoms with Gasteiger partial charge in [0.1, 0.15) is 5.69 Å². The van der Waals surface area contributed by atoms with Crippen LogP contribution in [-0.2, 0) is 9.84 Å². The first-order chi connectivity index (χ1) is 12.0. The Bertz CT molecular complexity index is 1130. The van der Waals surface area contributed by atoms with Crippen molar-refractivity contribution < 1.29 is 17.7 Å². The van der Waals surface area contributed by atoms with Gasteiger partial charge in [-0.1, -0.05) is 41.0 Å². The summed E-state index contributed by atoms with van der Waals surface area (Å²) in [6.07, 6.45) is 0. The van der Waals surface area contributed by atoms with Crippen LogP contribution in [-0.4, -0.2) is 19.4 Å². The Labute approximate surface area is 148 Å². The van der Waals surface area contributed by atoms with Crippen molar-refractivity contribution in [1.82, 2.24) is 5.16 Å². The molecule has 3 aromatic rings. The van der Waals surface area contributed by atoms with E-state index in [0.29, 0.717) is 10.7 Å². The Balaban J connectivity index is 1.80. The maximum atomic E-state index is 12.7. The summed E-state index contributed by atoms with van der Waals surface area (Å²) < 4.78 is 30.1. The number of sulfone groups is 1. The molecule has 7 heteroatoms. The van der Waals surface area contributed by atoms with Crippen molar-refractivity contribution in [3.8, 4) is 11.3 Å². The van der Waals surface area contributed by atoms with E-state index in [1.165, 1.54) is 18.2 Å². The molecule has 0 radical (unpaired) electrons. The predicted molar refractivity (Wildman–Crippen MR) is 92.9 cm³/mol. The van der Waals surface area contributed by atoms with Crippen LogP contribution >= 0.6 is 11.6 Å². The summed E-state index contributed by atoms with van der Waals surface area (Å²) >= 11 is 5.86.